The molecule has 0 saturated heterocycles. The predicted octanol–water partition coefficient (Wildman–Crippen LogP) is 5.25. The highest BCUT2D eigenvalue weighted by Gasteiger charge is 2.22. The second-order valence-electron chi connectivity index (χ2n) is 6.79. The number of nitrogens with two attached hydrogens (primary N) is 1. The van der Waals surface area contributed by atoms with Crippen LogP contribution in [-0.2, 0) is 12.8 Å². The van der Waals surface area contributed by atoms with E-state index in [0.29, 0.717) is 17.5 Å². The van der Waals surface area contributed by atoms with Gasteiger partial charge < -0.3 is 11.1 Å². The topological polar surface area (TPSA) is 63.0 Å². The second-order valence-corrected chi connectivity index (χ2v) is 7.70. The lowest BCUT2D eigenvalue weighted by molar-refractivity contribution is 0.667. The van der Waals surface area contributed by atoms with Crippen LogP contribution in [0.2, 0.25) is 0 Å². The highest BCUT2D eigenvalue weighted by molar-refractivity contribution is 7.97. The molecule has 4 nitrogen and oxygen atoms in total. The molecule has 0 saturated carbocycles. The van der Waals surface area contributed by atoms with Crippen LogP contribution in [0.4, 0.5) is 17.2 Å². The summed E-state index contributed by atoms with van der Waals surface area (Å²) in [5.41, 5.74) is 11.8. The molecule has 4 rings (SSSR count). The first kappa shape index (κ1) is 17.9. The van der Waals surface area contributed by atoms with Crippen LogP contribution in [0.15, 0.2) is 65.7 Å². The number of fused-ring (bicyclic) bond motifs is 1. The summed E-state index contributed by atoms with van der Waals surface area (Å²) in [6.45, 7) is 2.18. The summed E-state index contributed by atoms with van der Waals surface area (Å²) in [6.07, 6.45) is 5.04. The average Bonchev–Trinajstić information content (AvgIpc) is 3.11. The first-order chi connectivity index (χ1) is 13.2. The Morgan fingerprint density at radius 2 is 2.00 bits per heavy atom. The monoisotopic (exact) mass is 376 g/mol. The van der Waals surface area contributed by atoms with Gasteiger partial charge in [0.2, 0.25) is 0 Å². The van der Waals surface area contributed by atoms with E-state index in [1.807, 2.05) is 12.1 Å². The van der Waals surface area contributed by atoms with Gasteiger partial charge in [-0.2, -0.15) is 0 Å². The van der Waals surface area contributed by atoms with Crippen LogP contribution < -0.4 is 15.8 Å². The number of benzene rings is 2. The Morgan fingerprint density at radius 3 is 2.78 bits per heavy atom. The van der Waals surface area contributed by atoms with Crippen molar-refractivity contribution in [1.29, 1.82) is 0 Å². The summed E-state index contributed by atoms with van der Waals surface area (Å²) in [5, 5.41) is 3.34. The highest BCUT2D eigenvalue weighted by Crippen LogP contribution is 2.36. The highest BCUT2D eigenvalue weighted by atomic mass is 32.2. The van der Waals surface area contributed by atoms with Crippen molar-refractivity contribution in [3.8, 4) is 0 Å². The minimum Gasteiger partial charge on any atom is -0.396 e. The smallest absolute Gasteiger partial charge is 0.153 e. The van der Waals surface area contributed by atoms with Gasteiger partial charge in [0.1, 0.15) is 0 Å². The molecule has 27 heavy (non-hydrogen) atoms. The van der Waals surface area contributed by atoms with Crippen molar-refractivity contribution in [2.24, 2.45) is 0 Å². The lowest BCUT2D eigenvalue weighted by Crippen LogP contribution is -2.11. The van der Waals surface area contributed by atoms with E-state index < -0.39 is 0 Å². The SMILES string of the molecule is CCc1ccc(SNC2CCc3ccc(Nc4ncccc4N)cc32)cc1. The Balaban J connectivity index is 1.46. The summed E-state index contributed by atoms with van der Waals surface area (Å²) in [5.74, 6) is 0.699. The van der Waals surface area contributed by atoms with Crippen LogP contribution in [0.1, 0.15) is 36.1 Å². The van der Waals surface area contributed by atoms with E-state index in [9.17, 15) is 0 Å². The summed E-state index contributed by atoms with van der Waals surface area (Å²) in [4.78, 5) is 5.57. The Labute approximate surface area is 164 Å². The minimum atomic E-state index is 0.346. The standard InChI is InChI=1S/C22H24N4S/c1-2-15-5-10-18(11-6-15)27-26-21-12-8-16-7-9-17(14-19(16)21)25-22-20(23)4-3-13-24-22/h3-7,9-11,13-14,21,26H,2,8,12,23H2,1H3,(H,24,25). The number of anilines is 3. The van der Waals surface area contributed by atoms with Gasteiger partial charge in [-0.25, -0.2) is 4.98 Å². The Bertz CT molecular complexity index is 924. The Morgan fingerprint density at radius 1 is 1.15 bits per heavy atom. The first-order valence-electron chi connectivity index (χ1n) is 9.34. The van der Waals surface area contributed by atoms with Crippen LogP contribution in [0.5, 0.6) is 0 Å². The van der Waals surface area contributed by atoms with Crippen molar-refractivity contribution in [3.63, 3.8) is 0 Å². The van der Waals surface area contributed by atoms with Gasteiger partial charge in [-0.15, -0.1) is 0 Å². The van der Waals surface area contributed by atoms with Gasteiger partial charge in [-0.05, 0) is 84.3 Å². The maximum atomic E-state index is 6.00. The molecule has 0 spiro atoms. The molecule has 1 unspecified atom stereocenters. The van der Waals surface area contributed by atoms with Crippen molar-refractivity contribution in [3.05, 3.63) is 77.5 Å². The molecule has 0 fully saturated rings. The first-order valence-corrected chi connectivity index (χ1v) is 10.2. The molecule has 0 bridgehead atoms. The quantitative estimate of drug-likeness (QED) is 0.513. The molecule has 2 aromatic carbocycles. The summed E-state index contributed by atoms with van der Waals surface area (Å²) in [6, 6.07) is 19.3. The summed E-state index contributed by atoms with van der Waals surface area (Å²) < 4.78 is 3.64. The van der Waals surface area contributed by atoms with Gasteiger partial charge in [0.25, 0.3) is 0 Å². The van der Waals surface area contributed by atoms with Crippen molar-refractivity contribution in [2.45, 2.75) is 37.1 Å². The van der Waals surface area contributed by atoms with E-state index in [1.165, 1.54) is 21.6 Å². The van der Waals surface area contributed by atoms with E-state index in [1.54, 1.807) is 18.1 Å². The molecule has 0 amide bonds. The molecule has 1 heterocycles. The van der Waals surface area contributed by atoms with Crippen LogP contribution >= 0.6 is 11.9 Å². The molecular formula is C22H24N4S. The van der Waals surface area contributed by atoms with Gasteiger partial charge in [0.15, 0.2) is 5.82 Å². The minimum absolute atomic E-state index is 0.346. The largest absolute Gasteiger partial charge is 0.396 e. The zero-order valence-corrected chi connectivity index (χ0v) is 16.2. The number of aryl methyl sites for hydroxylation is 2. The molecule has 0 radical (unpaired) electrons. The van der Waals surface area contributed by atoms with Crippen molar-refractivity contribution in [1.82, 2.24) is 9.71 Å². The lowest BCUT2D eigenvalue weighted by Gasteiger charge is -2.15. The number of nitrogens with zero attached hydrogens (tertiary/aromatic N) is 1. The number of nitrogens with one attached hydrogen (secondary N) is 2. The van der Waals surface area contributed by atoms with Crippen molar-refractivity contribution >= 4 is 29.1 Å². The Kier molecular flexibility index (Phi) is 5.32. The van der Waals surface area contributed by atoms with E-state index in [4.69, 9.17) is 5.73 Å². The van der Waals surface area contributed by atoms with E-state index >= 15 is 0 Å². The average molecular weight is 377 g/mol. The zero-order chi connectivity index (χ0) is 18.6. The van der Waals surface area contributed by atoms with Crippen LogP contribution in [0, 0.1) is 0 Å². The normalized spacial score (nSPS) is 15.5. The molecular weight excluding hydrogens is 352 g/mol. The number of hydrogen-bond donors (Lipinski definition) is 3. The molecule has 5 heteroatoms. The van der Waals surface area contributed by atoms with Crippen LogP contribution in [-0.4, -0.2) is 4.98 Å². The summed E-state index contributed by atoms with van der Waals surface area (Å²) in [7, 11) is 0. The molecule has 1 aliphatic rings. The van der Waals surface area contributed by atoms with Crippen LogP contribution in [0.3, 0.4) is 0 Å². The van der Waals surface area contributed by atoms with Gasteiger partial charge in [-0.3, -0.25) is 4.72 Å². The number of hydrogen-bond acceptors (Lipinski definition) is 5. The fourth-order valence-corrected chi connectivity index (χ4v) is 4.19. The third-order valence-electron chi connectivity index (χ3n) is 4.98. The van der Waals surface area contributed by atoms with Crippen LogP contribution in [0.25, 0.3) is 0 Å². The number of pyridine rings is 1. The predicted molar refractivity (Wildman–Crippen MR) is 114 cm³/mol. The number of aromatic nitrogens is 1. The van der Waals surface area contributed by atoms with E-state index in [2.05, 4.69) is 64.4 Å². The molecule has 3 aromatic rings. The zero-order valence-electron chi connectivity index (χ0n) is 15.4. The van der Waals surface area contributed by atoms with Crippen molar-refractivity contribution in [2.75, 3.05) is 11.1 Å². The fourth-order valence-electron chi connectivity index (χ4n) is 3.39. The van der Waals surface area contributed by atoms with E-state index in [-0.39, 0.29) is 0 Å². The van der Waals surface area contributed by atoms with E-state index in [0.717, 1.165) is 24.9 Å². The lowest BCUT2D eigenvalue weighted by atomic mass is 10.1. The number of nitrogen functional groups attached to an aromatic ring is 1. The molecule has 1 atom stereocenters. The molecule has 4 N–H and O–H groups in total. The van der Waals surface area contributed by atoms with Gasteiger partial charge in [0.05, 0.1) is 5.69 Å². The van der Waals surface area contributed by atoms with Gasteiger partial charge in [-0.1, -0.05) is 25.1 Å². The maximum absolute atomic E-state index is 6.00. The third kappa shape index (κ3) is 4.10. The second kappa shape index (κ2) is 8.03. The molecule has 138 valence electrons. The fraction of sp³-hybridized carbons (Fsp3) is 0.227. The Hall–Kier alpha value is -2.50. The maximum Gasteiger partial charge on any atom is 0.153 e. The number of rotatable bonds is 6. The summed E-state index contributed by atoms with van der Waals surface area (Å²) >= 11 is 1.71. The molecule has 1 aromatic heterocycles. The van der Waals surface area contributed by atoms with Gasteiger partial charge in [0, 0.05) is 22.8 Å². The molecule has 1 aliphatic carbocycles. The third-order valence-corrected chi connectivity index (χ3v) is 5.89. The molecule has 0 aliphatic heterocycles. The van der Waals surface area contributed by atoms with Crippen molar-refractivity contribution < 1.29 is 0 Å². The van der Waals surface area contributed by atoms with Gasteiger partial charge >= 0.3 is 0 Å².